The minimum absolute atomic E-state index is 0.181. The van der Waals surface area contributed by atoms with Gasteiger partial charge in [0.05, 0.1) is 6.61 Å². The van der Waals surface area contributed by atoms with Crippen LogP contribution in [0, 0.1) is 0 Å². The van der Waals surface area contributed by atoms with E-state index in [9.17, 15) is 4.79 Å². The molecule has 0 spiro atoms. The Labute approximate surface area is 123 Å². The number of hydrogen-bond acceptors (Lipinski definition) is 3. The van der Waals surface area contributed by atoms with Crippen molar-refractivity contribution in [3.05, 3.63) is 48.0 Å². The van der Waals surface area contributed by atoms with Gasteiger partial charge in [-0.3, -0.25) is 4.90 Å². The fraction of sp³-hybridized carbons (Fsp3) is 0.353. The number of morpholine rings is 1. The molecule has 3 rings (SSSR count). The van der Waals surface area contributed by atoms with Crippen molar-refractivity contribution in [2.75, 3.05) is 19.7 Å². The van der Waals surface area contributed by atoms with E-state index in [-0.39, 0.29) is 6.04 Å². The van der Waals surface area contributed by atoms with Gasteiger partial charge < -0.3 is 9.84 Å². The van der Waals surface area contributed by atoms with Crippen molar-refractivity contribution in [1.29, 1.82) is 0 Å². The average Bonchev–Trinajstić information content (AvgIpc) is 2.53. The second-order valence-corrected chi connectivity index (χ2v) is 5.48. The second-order valence-electron chi connectivity index (χ2n) is 5.48. The minimum Gasteiger partial charge on any atom is -0.479 e. The van der Waals surface area contributed by atoms with Crippen molar-refractivity contribution in [3.8, 4) is 0 Å². The van der Waals surface area contributed by atoms with Crippen LogP contribution in [-0.2, 0) is 9.53 Å². The van der Waals surface area contributed by atoms with Crippen molar-refractivity contribution in [1.82, 2.24) is 4.90 Å². The first-order valence-corrected chi connectivity index (χ1v) is 7.22. The molecule has 1 N–H and O–H groups in total. The van der Waals surface area contributed by atoms with Crippen LogP contribution in [0.1, 0.15) is 18.5 Å². The van der Waals surface area contributed by atoms with Crippen molar-refractivity contribution in [2.24, 2.45) is 0 Å². The minimum atomic E-state index is -0.884. The lowest BCUT2D eigenvalue weighted by molar-refractivity contribution is -0.157. The number of ether oxygens (including phenoxy) is 1. The van der Waals surface area contributed by atoms with Crippen molar-refractivity contribution < 1.29 is 14.6 Å². The topological polar surface area (TPSA) is 49.8 Å². The fourth-order valence-corrected chi connectivity index (χ4v) is 2.85. The largest absolute Gasteiger partial charge is 0.479 e. The van der Waals surface area contributed by atoms with Crippen LogP contribution < -0.4 is 0 Å². The molecule has 0 aromatic heterocycles. The van der Waals surface area contributed by atoms with Crippen LogP contribution in [0.5, 0.6) is 0 Å². The maximum Gasteiger partial charge on any atom is 0.334 e. The summed E-state index contributed by atoms with van der Waals surface area (Å²) in [5.74, 6) is -0.884. The Morgan fingerprint density at radius 3 is 2.81 bits per heavy atom. The van der Waals surface area contributed by atoms with Crippen LogP contribution >= 0.6 is 0 Å². The van der Waals surface area contributed by atoms with E-state index < -0.39 is 12.1 Å². The summed E-state index contributed by atoms with van der Waals surface area (Å²) >= 11 is 0. The zero-order chi connectivity index (χ0) is 14.8. The molecule has 4 nitrogen and oxygen atoms in total. The van der Waals surface area contributed by atoms with Crippen molar-refractivity contribution >= 4 is 16.7 Å². The highest BCUT2D eigenvalue weighted by Gasteiger charge is 2.29. The van der Waals surface area contributed by atoms with Gasteiger partial charge in [0.2, 0.25) is 0 Å². The summed E-state index contributed by atoms with van der Waals surface area (Å²) in [4.78, 5) is 13.3. The van der Waals surface area contributed by atoms with Crippen molar-refractivity contribution in [3.63, 3.8) is 0 Å². The molecule has 110 valence electrons. The lowest BCUT2D eigenvalue weighted by Gasteiger charge is -2.35. The predicted octanol–water partition coefficient (Wildman–Crippen LogP) is 2.69. The highest BCUT2D eigenvalue weighted by molar-refractivity contribution is 5.83. The monoisotopic (exact) mass is 285 g/mol. The van der Waals surface area contributed by atoms with Crippen LogP contribution in [0.25, 0.3) is 10.8 Å². The molecule has 1 heterocycles. The van der Waals surface area contributed by atoms with Gasteiger partial charge in [-0.15, -0.1) is 0 Å². The summed E-state index contributed by atoms with van der Waals surface area (Å²) < 4.78 is 5.28. The van der Waals surface area contributed by atoms with Gasteiger partial charge in [-0.1, -0.05) is 36.4 Å². The van der Waals surface area contributed by atoms with Crippen LogP contribution in [-0.4, -0.2) is 41.8 Å². The van der Waals surface area contributed by atoms with Crippen LogP contribution in [0.3, 0.4) is 0 Å². The summed E-state index contributed by atoms with van der Waals surface area (Å²) in [6.45, 7) is 3.78. The smallest absolute Gasteiger partial charge is 0.334 e. The summed E-state index contributed by atoms with van der Waals surface area (Å²) in [6.07, 6.45) is -0.721. The SMILES string of the molecule is CC(c1ccc2ccccc2c1)N1CCOC(C(=O)O)C1. The molecule has 0 bridgehead atoms. The number of carboxylic acids is 1. The molecule has 21 heavy (non-hydrogen) atoms. The first kappa shape index (κ1) is 14.0. The number of nitrogens with zero attached hydrogens (tertiary/aromatic N) is 1. The standard InChI is InChI=1S/C17H19NO3/c1-12(18-8-9-21-16(11-18)17(19)20)14-7-6-13-4-2-3-5-15(13)10-14/h2-7,10,12,16H,8-9,11H2,1H3,(H,19,20). The zero-order valence-electron chi connectivity index (χ0n) is 12.0. The Kier molecular flexibility index (Phi) is 3.90. The highest BCUT2D eigenvalue weighted by Crippen LogP contribution is 2.26. The predicted molar refractivity (Wildman–Crippen MR) is 81.3 cm³/mol. The van der Waals surface area contributed by atoms with Gasteiger partial charge in [0, 0.05) is 19.1 Å². The van der Waals surface area contributed by atoms with Gasteiger partial charge in [-0.05, 0) is 29.3 Å². The molecule has 4 heteroatoms. The molecular formula is C17H19NO3. The van der Waals surface area contributed by atoms with E-state index >= 15 is 0 Å². The lowest BCUT2D eigenvalue weighted by Crippen LogP contribution is -2.46. The van der Waals surface area contributed by atoms with Crippen LogP contribution in [0.4, 0.5) is 0 Å². The first-order valence-electron chi connectivity index (χ1n) is 7.22. The lowest BCUT2D eigenvalue weighted by atomic mass is 10.0. The molecule has 0 aliphatic carbocycles. The van der Waals surface area contributed by atoms with Gasteiger partial charge >= 0.3 is 5.97 Å². The normalized spacial score (nSPS) is 21.3. The maximum absolute atomic E-state index is 11.1. The Hall–Kier alpha value is -1.91. The number of aliphatic carboxylic acids is 1. The summed E-state index contributed by atoms with van der Waals surface area (Å²) in [5.41, 5.74) is 1.21. The number of rotatable bonds is 3. The van der Waals surface area contributed by atoms with E-state index in [1.54, 1.807) is 0 Å². The number of carbonyl (C=O) groups is 1. The molecule has 2 atom stereocenters. The molecule has 2 unspecified atom stereocenters. The van der Waals surface area contributed by atoms with Gasteiger partial charge in [-0.25, -0.2) is 4.79 Å². The van der Waals surface area contributed by atoms with E-state index in [2.05, 4.69) is 42.2 Å². The third-order valence-corrected chi connectivity index (χ3v) is 4.18. The van der Waals surface area contributed by atoms with Crippen molar-refractivity contribution in [2.45, 2.75) is 19.1 Å². The average molecular weight is 285 g/mol. The Balaban J connectivity index is 1.82. The van der Waals surface area contributed by atoms with Crippen LogP contribution in [0.2, 0.25) is 0 Å². The maximum atomic E-state index is 11.1. The summed E-state index contributed by atoms with van der Waals surface area (Å²) in [7, 11) is 0. The molecular weight excluding hydrogens is 266 g/mol. The third-order valence-electron chi connectivity index (χ3n) is 4.18. The molecule has 0 amide bonds. The van der Waals surface area contributed by atoms with Gasteiger partial charge in [0.25, 0.3) is 0 Å². The first-order chi connectivity index (χ1) is 10.1. The molecule has 2 aromatic carbocycles. The molecule has 0 radical (unpaired) electrons. The summed E-state index contributed by atoms with van der Waals surface area (Å²) in [5, 5.41) is 11.5. The molecule has 2 aromatic rings. The molecule has 1 saturated heterocycles. The summed E-state index contributed by atoms with van der Waals surface area (Å²) in [6, 6.07) is 14.9. The van der Waals surface area contributed by atoms with Gasteiger partial charge in [0.1, 0.15) is 0 Å². The van der Waals surface area contributed by atoms with Gasteiger partial charge in [-0.2, -0.15) is 0 Å². The number of hydrogen-bond donors (Lipinski definition) is 1. The van der Waals surface area contributed by atoms with E-state index in [0.29, 0.717) is 13.2 Å². The van der Waals surface area contributed by atoms with Crippen LogP contribution in [0.15, 0.2) is 42.5 Å². The number of fused-ring (bicyclic) bond motifs is 1. The third kappa shape index (κ3) is 2.91. The molecule has 1 aliphatic rings. The molecule has 1 aliphatic heterocycles. The Bertz CT molecular complexity index is 655. The fourth-order valence-electron chi connectivity index (χ4n) is 2.85. The highest BCUT2D eigenvalue weighted by atomic mass is 16.5. The zero-order valence-corrected chi connectivity index (χ0v) is 12.0. The Morgan fingerprint density at radius 2 is 2.05 bits per heavy atom. The molecule has 0 saturated carbocycles. The van der Waals surface area contributed by atoms with E-state index in [1.165, 1.54) is 16.3 Å². The van der Waals surface area contributed by atoms with E-state index in [4.69, 9.17) is 9.84 Å². The van der Waals surface area contributed by atoms with E-state index in [1.807, 2.05) is 12.1 Å². The number of benzene rings is 2. The quantitative estimate of drug-likeness (QED) is 0.942. The Morgan fingerprint density at radius 1 is 1.29 bits per heavy atom. The molecule has 1 fully saturated rings. The van der Waals surface area contributed by atoms with Gasteiger partial charge in [0.15, 0.2) is 6.10 Å². The number of carboxylic acid groups (broad SMARTS) is 1. The van der Waals surface area contributed by atoms with E-state index in [0.717, 1.165) is 6.54 Å². The second kappa shape index (κ2) is 5.84.